The number of fused-ring (bicyclic) bond motifs is 4. The molecule has 0 saturated carbocycles. The van der Waals surface area contributed by atoms with Gasteiger partial charge in [-0.1, -0.05) is 69.3 Å². The van der Waals surface area contributed by atoms with Crippen LogP contribution in [-0.4, -0.2) is 45.6 Å². The SMILES string of the molecule is CC[C@H](SC1=Nc2ccccc2C2=N[C@@H]([C@H](C)CC)C(=O)N12)C(=O)N1CCc2ccccc21. The molecule has 3 atom stereocenters. The van der Waals surface area contributed by atoms with Crippen LogP contribution in [0, 0.1) is 5.92 Å². The summed E-state index contributed by atoms with van der Waals surface area (Å²) < 4.78 is 0. The van der Waals surface area contributed by atoms with Gasteiger partial charge in [-0.25, -0.2) is 9.89 Å². The van der Waals surface area contributed by atoms with E-state index in [1.54, 1.807) is 4.90 Å². The Kier molecular flexibility index (Phi) is 5.83. The molecular formula is C26H28N4O2S. The molecule has 0 unspecified atom stereocenters. The zero-order valence-corrected chi connectivity index (χ0v) is 20.0. The van der Waals surface area contributed by atoms with E-state index in [4.69, 9.17) is 9.98 Å². The largest absolute Gasteiger partial charge is 0.311 e. The standard InChI is InChI=1S/C26H28N4O2S/c1-4-16(3)22-25(32)30-23(28-22)18-11-7-8-12-19(18)27-26(30)33-21(5-2)24(31)29-15-14-17-10-6-9-13-20(17)29/h6-13,16,21-22H,4-5,14-15H2,1-3H3/t16-,21+,22+/m1/s1. The maximum absolute atomic E-state index is 13.6. The topological polar surface area (TPSA) is 65.3 Å². The molecule has 2 amide bonds. The van der Waals surface area contributed by atoms with Gasteiger partial charge in [-0.05, 0) is 42.5 Å². The summed E-state index contributed by atoms with van der Waals surface area (Å²) in [5.41, 5.74) is 3.86. The Balaban J connectivity index is 1.47. The van der Waals surface area contributed by atoms with Crippen LogP contribution in [0.5, 0.6) is 0 Å². The first-order valence-electron chi connectivity index (χ1n) is 11.7. The lowest BCUT2D eigenvalue weighted by Crippen LogP contribution is -2.44. The number of hydrogen-bond acceptors (Lipinski definition) is 5. The highest BCUT2D eigenvalue weighted by Crippen LogP contribution is 2.38. The quantitative estimate of drug-likeness (QED) is 0.644. The van der Waals surface area contributed by atoms with Crippen molar-refractivity contribution in [1.29, 1.82) is 0 Å². The molecule has 3 heterocycles. The molecule has 3 aliphatic rings. The number of amidine groups is 2. The van der Waals surface area contributed by atoms with E-state index in [1.807, 2.05) is 54.3 Å². The number of carbonyl (C=O) groups excluding carboxylic acids is 2. The first kappa shape index (κ1) is 21.9. The highest BCUT2D eigenvalue weighted by atomic mass is 32.2. The van der Waals surface area contributed by atoms with Gasteiger partial charge in [0, 0.05) is 17.8 Å². The molecule has 0 aromatic heterocycles. The number of benzene rings is 2. The van der Waals surface area contributed by atoms with E-state index in [0.717, 1.165) is 29.8 Å². The van der Waals surface area contributed by atoms with Crippen LogP contribution in [0.15, 0.2) is 58.5 Å². The van der Waals surface area contributed by atoms with Crippen molar-refractivity contribution >= 4 is 46.0 Å². The van der Waals surface area contributed by atoms with Gasteiger partial charge in [0.15, 0.2) is 5.17 Å². The van der Waals surface area contributed by atoms with Crippen molar-refractivity contribution in [3.63, 3.8) is 0 Å². The number of thioether (sulfide) groups is 1. The summed E-state index contributed by atoms with van der Waals surface area (Å²) in [7, 11) is 0. The Morgan fingerprint density at radius 2 is 1.88 bits per heavy atom. The molecule has 0 fully saturated rings. The average molecular weight is 461 g/mol. The molecule has 0 N–H and O–H groups in total. The minimum Gasteiger partial charge on any atom is -0.311 e. The fraction of sp³-hybridized carbons (Fsp3) is 0.385. The van der Waals surface area contributed by atoms with Crippen LogP contribution in [0.2, 0.25) is 0 Å². The maximum Gasteiger partial charge on any atom is 0.259 e. The van der Waals surface area contributed by atoms with Crippen LogP contribution in [-0.2, 0) is 16.0 Å². The van der Waals surface area contributed by atoms with Gasteiger partial charge < -0.3 is 4.90 Å². The van der Waals surface area contributed by atoms with Gasteiger partial charge >= 0.3 is 0 Å². The lowest BCUT2D eigenvalue weighted by molar-refractivity contribution is -0.125. The third-order valence-corrected chi connectivity index (χ3v) is 8.03. The molecule has 0 radical (unpaired) electrons. The lowest BCUT2D eigenvalue weighted by Gasteiger charge is -2.29. The molecule has 170 valence electrons. The second kappa shape index (κ2) is 8.78. The van der Waals surface area contributed by atoms with Gasteiger partial charge in [0.2, 0.25) is 5.91 Å². The average Bonchev–Trinajstić information content (AvgIpc) is 3.43. The monoisotopic (exact) mass is 460 g/mol. The molecule has 6 nitrogen and oxygen atoms in total. The van der Waals surface area contributed by atoms with Gasteiger partial charge in [0.25, 0.3) is 5.91 Å². The normalized spacial score (nSPS) is 20.6. The number of rotatable bonds is 5. The number of hydrogen-bond donors (Lipinski definition) is 0. The molecule has 0 aliphatic carbocycles. The van der Waals surface area contributed by atoms with Crippen LogP contribution in [0.3, 0.4) is 0 Å². The first-order valence-corrected chi connectivity index (χ1v) is 12.6. The molecule has 5 rings (SSSR count). The molecule has 0 spiro atoms. The van der Waals surface area contributed by atoms with Crippen molar-refractivity contribution in [3.05, 3.63) is 59.7 Å². The van der Waals surface area contributed by atoms with Crippen molar-refractivity contribution in [2.24, 2.45) is 15.9 Å². The van der Waals surface area contributed by atoms with Crippen LogP contribution in [0.25, 0.3) is 0 Å². The smallest absolute Gasteiger partial charge is 0.259 e. The minimum absolute atomic E-state index is 0.0473. The number of para-hydroxylation sites is 2. The third-order valence-electron chi connectivity index (χ3n) is 6.73. The van der Waals surface area contributed by atoms with Gasteiger partial charge in [-0.15, -0.1) is 0 Å². The van der Waals surface area contributed by atoms with Crippen molar-refractivity contribution in [2.75, 3.05) is 11.4 Å². The molecule has 0 saturated heterocycles. The predicted molar refractivity (Wildman–Crippen MR) is 134 cm³/mol. The second-order valence-corrected chi connectivity index (χ2v) is 9.92. The van der Waals surface area contributed by atoms with Gasteiger partial charge in [0.1, 0.15) is 11.9 Å². The number of aliphatic imine (C=N–C) groups is 2. The van der Waals surface area contributed by atoms with E-state index in [2.05, 4.69) is 19.9 Å². The molecule has 0 bridgehead atoms. The summed E-state index contributed by atoms with van der Waals surface area (Å²) in [6.07, 6.45) is 2.38. The first-order chi connectivity index (χ1) is 16.0. The molecule has 3 aliphatic heterocycles. The summed E-state index contributed by atoms with van der Waals surface area (Å²) in [6.45, 7) is 6.84. The zero-order valence-electron chi connectivity index (χ0n) is 19.2. The Morgan fingerprint density at radius 1 is 1.12 bits per heavy atom. The van der Waals surface area contributed by atoms with Crippen molar-refractivity contribution < 1.29 is 9.59 Å². The van der Waals surface area contributed by atoms with Gasteiger partial charge in [0.05, 0.1) is 10.9 Å². The Morgan fingerprint density at radius 3 is 2.67 bits per heavy atom. The van der Waals surface area contributed by atoms with Crippen LogP contribution >= 0.6 is 11.8 Å². The zero-order chi connectivity index (χ0) is 23.1. The summed E-state index contributed by atoms with van der Waals surface area (Å²) in [5, 5.41) is 0.216. The highest BCUT2D eigenvalue weighted by molar-refractivity contribution is 8.15. The Bertz CT molecular complexity index is 1170. The second-order valence-electron chi connectivity index (χ2n) is 8.75. The van der Waals surface area contributed by atoms with E-state index in [-0.39, 0.29) is 23.0 Å². The molecule has 2 aromatic rings. The Labute approximate surface area is 198 Å². The third kappa shape index (κ3) is 3.68. The van der Waals surface area contributed by atoms with Crippen molar-refractivity contribution in [3.8, 4) is 0 Å². The molecule has 2 aromatic carbocycles. The van der Waals surface area contributed by atoms with Crippen LogP contribution in [0.4, 0.5) is 11.4 Å². The number of anilines is 1. The van der Waals surface area contributed by atoms with E-state index < -0.39 is 6.04 Å². The van der Waals surface area contributed by atoms with Crippen molar-refractivity contribution in [1.82, 2.24) is 4.90 Å². The Hall–Kier alpha value is -2.93. The minimum atomic E-state index is -0.414. The number of amides is 2. The van der Waals surface area contributed by atoms with Crippen LogP contribution < -0.4 is 4.90 Å². The van der Waals surface area contributed by atoms with E-state index in [1.165, 1.54) is 17.3 Å². The predicted octanol–water partition coefficient (Wildman–Crippen LogP) is 4.79. The lowest BCUT2D eigenvalue weighted by atomic mass is 10.00. The van der Waals surface area contributed by atoms with Gasteiger partial charge in [-0.2, -0.15) is 0 Å². The summed E-state index contributed by atoms with van der Waals surface area (Å²) in [5.74, 6) is 0.817. The van der Waals surface area contributed by atoms with E-state index in [0.29, 0.717) is 24.0 Å². The molecular weight excluding hydrogens is 432 g/mol. The fourth-order valence-corrected chi connectivity index (χ4v) is 5.70. The molecule has 33 heavy (non-hydrogen) atoms. The van der Waals surface area contributed by atoms with Crippen LogP contribution in [0.1, 0.15) is 44.7 Å². The van der Waals surface area contributed by atoms with Crippen molar-refractivity contribution in [2.45, 2.75) is 51.3 Å². The van der Waals surface area contributed by atoms with E-state index in [9.17, 15) is 9.59 Å². The maximum atomic E-state index is 13.6. The summed E-state index contributed by atoms with van der Waals surface area (Å²) in [6, 6.07) is 15.4. The highest BCUT2D eigenvalue weighted by Gasteiger charge is 2.44. The van der Waals surface area contributed by atoms with E-state index >= 15 is 0 Å². The number of carbonyl (C=O) groups is 2. The number of nitrogens with zero attached hydrogens (tertiary/aromatic N) is 4. The summed E-state index contributed by atoms with van der Waals surface area (Å²) >= 11 is 1.38. The molecule has 7 heteroatoms. The fourth-order valence-electron chi connectivity index (χ4n) is 4.62. The summed E-state index contributed by atoms with van der Waals surface area (Å²) in [4.78, 5) is 40.2. The van der Waals surface area contributed by atoms with Gasteiger partial charge in [-0.3, -0.25) is 14.6 Å².